The van der Waals surface area contributed by atoms with Crippen molar-refractivity contribution < 1.29 is 23.1 Å². The molecule has 4 rings (SSSR count). The predicted octanol–water partition coefficient (Wildman–Crippen LogP) is 4.53. The van der Waals surface area contributed by atoms with Crippen molar-refractivity contribution in [2.45, 2.75) is 25.6 Å². The van der Waals surface area contributed by atoms with E-state index in [0.717, 1.165) is 5.69 Å². The first-order valence-corrected chi connectivity index (χ1v) is 9.30. The molecule has 2 heterocycles. The molecule has 3 aromatic rings. The zero-order valence-corrected chi connectivity index (χ0v) is 15.7. The van der Waals surface area contributed by atoms with E-state index < -0.39 is 23.6 Å². The summed E-state index contributed by atoms with van der Waals surface area (Å²) in [6.45, 7) is 2.50. The van der Waals surface area contributed by atoms with E-state index in [2.05, 4.69) is 4.98 Å². The Morgan fingerprint density at radius 3 is 2.48 bits per heavy atom. The maximum Gasteiger partial charge on any atom is 0.454 e. The van der Waals surface area contributed by atoms with Gasteiger partial charge in [0.2, 0.25) is 0 Å². The molecule has 29 heavy (non-hydrogen) atoms. The van der Waals surface area contributed by atoms with E-state index >= 15 is 0 Å². The van der Waals surface area contributed by atoms with E-state index in [1.165, 1.54) is 6.92 Å². The lowest BCUT2D eigenvalue weighted by molar-refractivity contribution is -0.0885. The number of aliphatic hydroxyl groups is 1. The zero-order chi connectivity index (χ0) is 20.8. The lowest BCUT2D eigenvalue weighted by Gasteiger charge is -2.22. The first-order valence-electron chi connectivity index (χ1n) is 9.30. The van der Waals surface area contributed by atoms with Crippen LogP contribution in [0.25, 0.3) is 22.0 Å². The Morgan fingerprint density at radius 2 is 1.86 bits per heavy atom. The number of benzene rings is 2. The number of ketones is 1. The van der Waals surface area contributed by atoms with Crippen molar-refractivity contribution in [2.24, 2.45) is 0 Å². The standard InChI is InChI=1S/C22H19F3N2O2/c1-13-18(21(29)22(23,24)25)19(14-6-3-2-4-7-14)16-8-5-9-17(20(16)26-13)27-11-10-15(28)12-27/h2-9,15,28H,10-12H2,1H3. The number of aryl methyl sites for hydroxylation is 1. The number of aromatic nitrogens is 1. The van der Waals surface area contributed by atoms with E-state index in [-0.39, 0.29) is 11.3 Å². The highest BCUT2D eigenvalue weighted by Crippen LogP contribution is 2.39. The highest BCUT2D eigenvalue weighted by Gasteiger charge is 2.42. The van der Waals surface area contributed by atoms with Crippen LogP contribution in [0.15, 0.2) is 48.5 Å². The number of rotatable bonds is 3. The normalized spacial score (nSPS) is 17.1. The van der Waals surface area contributed by atoms with Gasteiger partial charge < -0.3 is 10.0 Å². The van der Waals surface area contributed by atoms with Gasteiger partial charge in [-0.2, -0.15) is 13.2 Å². The molecule has 1 aliphatic heterocycles. The molecule has 0 amide bonds. The number of carbonyl (C=O) groups is 1. The molecule has 150 valence electrons. The number of halogens is 3. The lowest BCUT2D eigenvalue weighted by atomic mass is 9.91. The summed E-state index contributed by atoms with van der Waals surface area (Å²) in [4.78, 5) is 18.7. The van der Waals surface area contributed by atoms with Crippen molar-refractivity contribution in [3.8, 4) is 11.1 Å². The number of Topliss-reactive ketones (excluding diaryl/α,β-unsaturated/α-hetero) is 1. The third-order valence-corrected chi connectivity index (χ3v) is 5.23. The number of hydrogen-bond acceptors (Lipinski definition) is 4. The van der Waals surface area contributed by atoms with Crippen LogP contribution >= 0.6 is 0 Å². The topological polar surface area (TPSA) is 53.4 Å². The molecule has 7 heteroatoms. The summed E-state index contributed by atoms with van der Waals surface area (Å²) >= 11 is 0. The number of alkyl halides is 3. The molecule has 1 aromatic heterocycles. The molecule has 4 nitrogen and oxygen atoms in total. The average molecular weight is 400 g/mol. The van der Waals surface area contributed by atoms with Gasteiger partial charge >= 0.3 is 6.18 Å². The summed E-state index contributed by atoms with van der Waals surface area (Å²) in [6.07, 6.45) is -4.84. The Labute approximate surface area is 165 Å². The van der Waals surface area contributed by atoms with E-state index in [0.29, 0.717) is 36.0 Å². The van der Waals surface area contributed by atoms with Gasteiger partial charge in [-0.3, -0.25) is 9.78 Å². The van der Waals surface area contributed by atoms with Crippen molar-refractivity contribution in [3.63, 3.8) is 0 Å². The van der Waals surface area contributed by atoms with Gasteiger partial charge in [0.25, 0.3) is 5.78 Å². The molecule has 0 spiro atoms. The van der Waals surface area contributed by atoms with Gasteiger partial charge in [0.15, 0.2) is 0 Å². The number of β-amino-alcohol motifs (C(OH)–C–C–N with tert-alkyl or cyclic N) is 1. The molecule has 1 aliphatic rings. The van der Waals surface area contributed by atoms with Crippen molar-refractivity contribution >= 4 is 22.4 Å². The second-order valence-corrected chi connectivity index (χ2v) is 7.20. The van der Waals surface area contributed by atoms with Crippen LogP contribution in [0.4, 0.5) is 18.9 Å². The van der Waals surface area contributed by atoms with Crippen LogP contribution in [0.3, 0.4) is 0 Å². The smallest absolute Gasteiger partial charge is 0.391 e. The molecule has 1 saturated heterocycles. The van der Waals surface area contributed by atoms with Gasteiger partial charge in [0.1, 0.15) is 0 Å². The Hall–Kier alpha value is -2.93. The van der Waals surface area contributed by atoms with Crippen LogP contribution in [-0.4, -0.2) is 41.2 Å². The van der Waals surface area contributed by atoms with E-state index in [9.17, 15) is 23.1 Å². The van der Waals surface area contributed by atoms with Crippen LogP contribution in [0.2, 0.25) is 0 Å². The molecular weight excluding hydrogens is 381 g/mol. The number of nitrogens with zero attached hydrogens (tertiary/aromatic N) is 2. The van der Waals surface area contributed by atoms with Crippen LogP contribution < -0.4 is 4.90 Å². The molecule has 1 atom stereocenters. The number of hydrogen-bond donors (Lipinski definition) is 1. The van der Waals surface area contributed by atoms with Crippen molar-refractivity contribution in [2.75, 3.05) is 18.0 Å². The fourth-order valence-electron chi connectivity index (χ4n) is 3.93. The number of aliphatic hydroxyl groups excluding tert-OH is 1. The Balaban J connectivity index is 2.04. The van der Waals surface area contributed by atoms with Crippen LogP contribution in [0.5, 0.6) is 0 Å². The number of anilines is 1. The Morgan fingerprint density at radius 1 is 1.14 bits per heavy atom. The SMILES string of the molecule is Cc1nc2c(N3CCC(O)C3)cccc2c(-c2ccccc2)c1C(=O)C(F)(F)F. The second kappa shape index (κ2) is 7.15. The van der Waals surface area contributed by atoms with Crippen LogP contribution in [-0.2, 0) is 0 Å². The average Bonchev–Trinajstić information content (AvgIpc) is 3.12. The molecular formula is C22H19F3N2O2. The van der Waals surface area contributed by atoms with E-state index in [1.807, 2.05) is 11.0 Å². The van der Waals surface area contributed by atoms with Crippen LogP contribution in [0.1, 0.15) is 22.5 Å². The third-order valence-electron chi connectivity index (χ3n) is 5.23. The second-order valence-electron chi connectivity index (χ2n) is 7.20. The highest BCUT2D eigenvalue weighted by atomic mass is 19.4. The molecule has 0 aliphatic carbocycles. The monoisotopic (exact) mass is 400 g/mol. The van der Waals surface area contributed by atoms with Gasteiger partial charge in [0.05, 0.1) is 22.9 Å². The van der Waals surface area contributed by atoms with E-state index in [4.69, 9.17) is 0 Å². The number of para-hydroxylation sites is 1. The zero-order valence-electron chi connectivity index (χ0n) is 15.7. The first kappa shape index (κ1) is 19.4. The van der Waals surface area contributed by atoms with Gasteiger partial charge in [0, 0.05) is 29.7 Å². The quantitative estimate of drug-likeness (QED) is 0.657. The molecule has 0 bridgehead atoms. The Kier molecular flexibility index (Phi) is 4.78. The van der Waals surface area contributed by atoms with Gasteiger partial charge in [-0.1, -0.05) is 42.5 Å². The maximum absolute atomic E-state index is 13.4. The highest BCUT2D eigenvalue weighted by molar-refractivity contribution is 6.14. The molecule has 2 aromatic carbocycles. The minimum absolute atomic E-state index is 0.0332. The predicted molar refractivity (Wildman–Crippen MR) is 105 cm³/mol. The van der Waals surface area contributed by atoms with E-state index in [1.54, 1.807) is 42.5 Å². The van der Waals surface area contributed by atoms with Gasteiger partial charge in [-0.25, -0.2) is 0 Å². The summed E-state index contributed by atoms with van der Waals surface area (Å²) in [6, 6.07) is 13.9. The van der Waals surface area contributed by atoms with Crippen molar-refractivity contribution in [1.29, 1.82) is 0 Å². The molecule has 1 fully saturated rings. The fourth-order valence-corrected chi connectivity index (χ4v) is 3.93. The third kappa shape index (κ3) is 3.46. The van der Waals surface area contributed by atoms with Crippen molar-refractivity contribution in [3.05, 3.63) is 59.8 Å². The minimum atomic E-state index is -5.00. The van der Waals surface area contributed by atoms with Crippen LogP contribution in [0, 0.1) is 6.92 Å². The molecule has 1 N–H and O–H groups in total. The summed E-state index contributed by atoms with van der Waals surface area (Å²) in [7, 11) is 0. The summed E-state index contributed by atoms with van der Waals surface area (Å²) < 4.78 is 40.1. The number of carbonyl (C=O) groups excluding carboxylic acids is 1. The van der Waals surface area contributed by atoms with Gasteiger partial charge in [-0.05, 0) is 25.0 Å². The summed E-state index contributed by atoms with van der Waals surface area (Å²) in [5.41, 5.74) is 1.63. The summed E-state index contributed by atoms with van der Waals surface area (Å²) in [5, 5.41) is 10.4. The first-order chi connectivity index (χ1) is 13.8. The fraction of sp³-hybridized carbons (Fsp3) is 0.273. The number of fused-ring (bicyclic) bond motifs is 1. The molecule has 0 saturated carbocycles. The molecule has 0 radical (unpaired) electrons. The number of pyridine rings is 1. The maximum atomic E-state index is 13.4. The van der Waals surface area contributed by atoms with Crippen molar-refractivity contribution in [1.82, 2.24) is 4.98 Å². The Bertz CT molecular complexity index is 1080. The lowest BCUT2D eigenvalue weighted by Crippen LogP contribution is -2.25. The van der Waals surface area contributed by atoms with Gasteiger partial charge in [-0.15, -0.1) is 0 Å². The molecule has 1 unspecified atom stereocenters. The minimum Gasteiger partial charge on any atom is -0.391 e. The largest absolute Gasteiger partial charge is 0.454 e. The summed E-state index contributed by atoms with van der Waals surface area (Å²) in [5.74, 6) is -1.90.